The molecule has 1 aliphatic rings. The molecule has 12 heteroatoms. The van der Waals surface area contributed by atoms with E-state index in [0.717, 1.165) is 12.8 Å². The normalized spacial score (nSPS) is 18.0. The van der Waals surface area contributed by atoms with E-state index in [0.29, 0.717) is 47.2 Å². The van der Waals surface area contributed by atoms with Crippen LogP contribution in [0.25, 0.3) is 11.4 Å². The molecule has 1 amide bonds. The maximum absolute atomic E-state index is 12.5. The number of hydrogen-bond donors (Lipinski definition) is 1. The fraction of sp³-hybridized carbons (Fsp3) is 0.480. The van der Waals surface area contributed by atoms with Gasteiger partial charge in [-0.3, -0.25) is 4.79 Å². The highest BCUT2D eigenvalue weighted by atomic mass is 16.6. The minimum Gasteiger partial charge on any atom is -0.489 e. The van der Waals surface area contributed by atoms with Gasteiger partial charge in [0.05, 0.1) is 30.0 Å². The molecule has 1 saturated carbocycles. The highest BCUT2D eigenvalue weighted by Crippen LogP contribution is 2.30. The van der Waals surface area contributed by atoms with Crippen LogP contribution < -0.4 is 4.74 Å². The van der Waals surface area contributed by atoms with Gasteiger partial charge in [-0.25, -0.2) is 24.4 Å². The van der Waals surface area contributed by atoms with Crippen LogP contribution in [0.5, 0.6) is 5.75 Å². The van der Waals surface area contributed by atoms with E-state index in [2.05, 4.69) is 32.0 Å². The summed E-state index contributed by atoms with van der Waals surface area (Å²) in [5, 5.41) is 17.6. The first-order valence-corrected chi connectivity index (χ1v) is 12.0. The zero-order valence-corrected chi connectivity index (χ0v) is 21.6. The number of amidine groups is 1. The summed E-state index contributed by atoms with van der Waals surface area (Å²) < 4.78 is 13.1. The molecule has 1 fully saturated rings. The van der Waals surface area contributed by atoms with Gasteiger partial charge in [0.1, 0.15) is 29.6 Å². The largest absolute Gasteiger partial charge is 0.489 e. The number of carboxylic acid groups (broad SMARTS) is 1. The summed E-state index contributed by atoms with van der Waals surface area (Å²) in [7, 11) is 3.29. The minimum atomic E-state index is -0.778. The van der Waals surface area contributed by atoms with Crippen LogP contribution in [0, 0.1) is 12.8 Å². The lowest BCUT2D eigenvalue weighted by atomic mass is 9.87. The summed E-state index contributed by atoms with van der Waals surface area (Å²) in [5.41, 5.74) is 2.26. The molecule has 2 heterocycles. The second-order valence-corrected chi connectivity index (χ2v) is 8.83. The van der Waals surface area contributed by atoms with E-state index in [1.165, 1.54) is 9.58 Å². The zero-order valence-electron chi connectivity index (χ0n) is 21.6. The quantitative estimate of drug-likeness (QED) is 0.398. The summed E-state index contributed by atoms with van der Waals surface area (Å²) in [6.45, 7) is 7.19. The molecule has 37 heavy (non-hydrogen) atoms. The van der Waals surface area contributed by atoms with Crippen molar-refractivity contribution in [3.63, 3.8) is 0 Å². The Hall–Kier alpha value is -4.09. The number of aliphatic carboxylic acids is 1. The van der Waals surface area contributed by atoms with Crippen molar-refractivity contribution in [2.75, 3.05) is 13.6 Å². The lowest BCUT2D eigenvalue weighted by molar-refractivity contribution is -0.143. The van der Waals surface area contributed by atoms with Crippen molar-refractivity contribution in [3.8, 4) is 17.1 Å². The van der Waals surface area contributed by atoms with Gasteiger partial charge in [-0.15, -0.1) is 5.10 Å². The number of aromatic nitrogens is 4. The number of carbonyl (C=O) groups excluding carboxylic acids is 1. The van der Waals surface area contributed by atoms with Crippen molar-refractivity contribution in [2.24, 2.45) is 23.0 Å². The number of aliphatic imine (C=N–C) groups is 2. The van der Waals surface area contributed by atoms with Crippen molar-refractivity contribution >= 4 is 24.6 Å². The summed E-state index contributed by atoms with van der Waals surface area (Å²) >= 11 is 0. The van der Waals surface area contributed by atoms with Gasteiger partial charge in [0.15, 0.2) is 0 Å². The van der Waals surface area contributed by atoms with Crippen LogP contribution in [0.2, 0.25) is 0 Å². The molecule has 1 N–H and O–H groups in total. The van der Waals surface area contributed by atoms with Crippen LogP contribution in [0.1, 0.15) is 44.0 Å². The molecule has 1 aliphatic carbocycles. The van der Waals surface area contributed by atoms with Crippen molar-refractivity contribution < 1.29 is 24.2 Å². The molecule has 0 aliphatic heterocycles. The van der Waals surface area contributed by atoms with E-state index >= 15 is 0 Å². The van der Waals surface area contributed by atoms with E-state index in [4.69, 9.17) is 9.47 Å². The Labute approximate surface area is 215 Å². The highest BCUT2D eigenvalue weighted by molar-refractivity contribution is 5.90. The molecule has 0 saturated heterocycles. The van der Waals surface area contributed by atoms with E-state index in [9.17, 15) is 14.7 Å². The lowest BCUT2D eigenvalue weighted by Gasteiger charge is -2.27. The monoisotopic (exact) mass is 511 g/mol. The average Bonchev–Trinajstić information content (AvgIpc) is 3.26. The smallest absolute Gasteiger partial charge is 0.410 e. The first kappa shape index (κ1) is 27.5. The number of carboxylic acids is 1. The molecule has 0 radical (unpaired) electrons. The summed E-state index contributed by atoms with van der Waals surface area (Å²) in [5.74, 6) is -0.172. The number of amides is 1. The maximum Gasteiger partial charge on any atom is 0.410 e. The number of nitrogens with zero attached hydrogens (tertiary/aromatic N) is 7. The molecule has 3 rings (SSSR count). The predicted octanol–water partition coefficient (Wildman–Crippen LogP) is 3.41. The van der Waals surface area contributed by atoms with Gasteiger partial charge in [-0.05, 0) is 58.4 Å². The first-order chi connectivity index (χ1) is 17.7. The molecule has 198 valence electrons. The topological polar surface area (TPSA) is 144 Å². The van der Waals surface area contributed by atoms with Gasteiger partial charge < -0.3 is 19.5 Å². The van der Waals surface area contributed by atoms with Crippen LogP contribution in [0.4, 0.5) is 4.79 Å². The number of carbonyl (C=O) groups is 2. The van der Waals surface area contributed by atoms with E-state index in [1.54, 1.807) is 38.5 Å². The number of allylic oxidation sites excluding steroid dienone is 1. The molecule has 0 bridgehead atoms. The second-order valence-electron chi connectivity index (χ2n) is 8.83. The van der Waals surface area contributed by atoms with Gasteiger partial charge in [-0.1, -0.05) is 11.3 Å². The predicted molar refractivity (Wildman–Crippen MR) is 138 cm³/mol. The Bertz CT molecular complexity index is 1190. The molecule has 2 atom stereocenters. The number of pyridine rings is 1. The Morgan fingerprint density at radius 2 is 2.14 bits per heavy atom. The van der Waals surface area contributed by atoms with Crippen molar-refractivity contribution in [1.82, 2.24) is 24.9 Å². The molecule has 0 unspecified atom stereocenters. The van der Waals surface area contributed by atoms with Crippen molar-refractivity contribution in [3.05, 3.63) is 35.8 Å². The fourth-order valence-corrected chi connectivity index (χ4v) is 4.01. The van der Waals surface area contributed by atoms with Crippen LogP contribution in [-0.2, 0) is 23.2 Å². The van der Waals surface area contributed by atoms with Crippen LogP contribution in [-0.4, -0.2) is 74.3 Å². The zero-order chi connectivity index (χ0) is 26.9. The molecular formula is C25H33N7O5. The third-order valence-corrected chi connectivity index (χ3v) is 6.07. The summed E-state index contributed by atoms with van der Waals surface area (Å²) in [6, 6.07) is 3.56. The molecule has 2 aromatic heterocycles. The van der Waals surface area contributed by atoms with E-state index in [1.807, 2.05) is 13.8 Å². The number of ether oxygens (including phenoxy) is 2. The molecule has 12 nitrogen and oxygen atoms in total. The third-order valence-electron chi connectivity index (χ3n) is 6.07. The Kier molecular flexibility index (Phi) is 9.47. The standard InChI is InChI=1S/C25H33N7O5/c1-6-12-27-22(26-3)14-31(4)25(35)36-15-20-23(29-30-32(20)5)19-10-11-21(16(2)28-19)37-18-9-7-8-17(13-18)24(33)34/h6,10-12,17-18H,3,7-9,13-15H2,1-2,4-5H3,(H,33,34)/b12-6-,27-22?/t17-,18-/m0/s1. The van der Waals surface area contributed by atoms with Crippen LogP contribution >= 0.6 is 0 Å². The Morgan fingerprint density at radius 1 is 1.35 bits per heavy atom. The summed E-state index contributed by atoms with van der Waals surface area (Å²) in [6.07, 6.45) is 5.38. The number of likely N-dealkylation sites (N-methyl/N-ethyl adjacent to an activating group) is 1. The SMILES string of the molecule is C=NC(CN(C)C(=O)OCc1c(-c2ccc(O[C@H]3CCC[C@H](C(=O)O)C3)c(C)n2)nnn1C)=N/C=C\C. The van der Waals surface area contributed by atoms with E-state index < -0.39 is 12.1 Å². The number of aryl methyl sites for hydroxylation is 2. The Balaban J connectivity index is 1.67. The molecule has 0 spiro atoms. The van der Waals surface area contributed by atoms with Gasteiger partial charge in [0.25, 0.3) is 0 Å². The lowest BCUT2D eigenvalue weighted by Crippen LogP contribution is -2.32. The van der Waals surface area contributed by atoms with Crippen LogP contribution in [0.15, 0.2) is 34.4 Å². The maximum atomic E-state index is 12.5. The Morgan fingerprint density at radius 3 is 2.81 bits per heavy atom. The molecular weight excluding hydrogens is 478 g/mol. The van der Waals surface area contributed by atoms with Gasteiger partial charge in [0.2, 0.25) is 0 Å². The van der Waals surface area contributed by atoms with Gasteiger partial charge in [-0.2, -0.15) is 0 Å². The average molecular weight is 512 g/mol. The van der Waals surface area contributed by atoms with Crippen molar-refractivity contribution in [1.29, 1.82) is 0 Å². The van der Waals surface area contributed by atoms with E-state index in [-0.39, 0.29) is 25.2 Å². The second kappa shape index (κ2) is 12.7. The first-order valence-electron chi connectivity index (χ1n) is 12.0. The van der Waals surface area contributed by atoms with Crippen LogP contribution in [0.3, 0.4) is 0 Å². The molecule has 2 aromatic rings. The van der Waals surface area contributed by atoms with Gasteiger partial charge in [0, 0.05) is 20.3 Å². The number of hydrogen-bond acceptors (Lipinski definition) is 8. The number of rotatable bonds is 9. The minimum absolute atomic E-state index is 0.0670. The highest BCUT2D eigenvalue weighted by Gasteiger charge is 2.28. The molecule has 0 aromatic carbocycles. The van der Waals surface area contributed by atoms with Crippen molar-refractivity contribution in [2.45, 2.75) is 52.2 Å². The fourth-order valence-electron chi connectivity index (χ4n) is 4.01. The third kappa shape index (κ3) is 7.21. The summed E-state index contributed by atoms with van der Waals surface area (Å²) in [4.78, 5) is 37.8. The van der Waals surface area contributed by atoms with Gasteiger partial charge >= 0.3 is 12.1 Å².